The van der Waals surface area contributed by atoms with Crippen LogP contribution < -0.4 is 0 Å². The molecule has 134 valence electrons. The van der Waals surface area contributed by atoms with Gasteiger partial charge >= 0.3 is 0 Å². The Morgan fingerprint density at radius 3 is 2.81 bits per heavy atom. The van der Waals surface area contributed by atoms with Crippen molar-refractivity contribution >= 4 is 5.91 Å². The van der Waals surface area contributed by atoms with E-state index in [-0.39, 0.29) is 18.4 Å². The van der Waals surface area contributed by atoms with Gasteiger partial charge in [0, 0.05) is 19.0 Å². The minimum atomic E-state index is 0.0202. The summed E-state index contributed by atoms with van der Waals surface area (Å²) in [5.74, 6) is 2.39. The average molecular weight is 351 g/mol. The van der Waals surface area contributed by atoms with E-state index in [4.69, 9.17) is 4.52 Å². The first-order chi connectivity index (χ1) is 12.6. The number of rotatable bonds is 4. The first-order valence-corrected chi connectivity index (χ1v) is 8.76. The molecule has 3 aromatic rings. The fourth-order valence-electron chi connectivity index (χ4n) is 3.46. The number of hydrogen-bond acceptors (Lipinski definition) is 5. The first-order valence-electron chi connectivity index (χ1n) is 8.76. The number of fused-ring (bicyclic) bond motifs is 1. The van der Waals surface area contributed by atoms with Crippen molar-refractivity contribution in [2.75, 3.05) is 6.54 Å². The largest absolute Gasteiger partial charge is 0.361 e. The highest BCUT2D eigenvalue weighted by Gasteiger charge is 2.29. The normalized spacial score (nSPS) is 16.5. The molecule has 0 radical (unpaired) electrons. The topological polar surface area (TPSA) is 77.0 Å². The van der Waals surface area contributed by atoms with E-state index < -0.39 is 0 Å². The van der Waals surface area contributed by atoms with Crippen molar-refractivity contribution in [2.45, 2.75) is 39.3 Å². The van der Waals surface area contributed by atoms with Gasteiger partial charge in [-0.15, -0.1) is 10.2 Å². The summed E-state index contributed by atoms with van der Waals surface area (Å²) >= 11 is 0. The Morgan fingerprint density at radius 2 is 2.08 bits per heavy atom. The van der Waals surface area contributed by atoms with Crippen LogP contribution in [-0.2, 0) is 24.2 Å². The standard InChI is InChI=1S/C19H21N5O2/c1-13-8-16(26-22-13)10-19(25)23-11-14(2)24-17(20-21-18(24)12-23)9-15-6-4-3-5-7-15/h3-8,14H,9-12H2,1-2H3/t14-/m0/s1. The summed E-state index contributed by atoms with van der Waals surface area (Å²) in [5.41, 5.74) is 1.99. The SMILES string of the molecule is Cc1cc(CC(=O)N2Cc3nnc(Cc4ccccc4)n3[C@@H](C)C2)on1. The fourth-order valence-corrected chi connectivity index (χ4v) is 3.46. The van der Waals surface area contributed by atoms with Crippen LogP contribution in [0.5, 0.6) is 0 Å². The summed E-state index contributed by atoms with van der Waals surface area (Å²) < 4.78 is 7.32. The highest BCUT2D eigenvalue weighted by Crippen LogP contribution is 2.23. The number of carbonyl (C=O) groups excluding carboxylic acids is 1. The van der Waals surface area contributed by atoms with Crippen LogP contribution >= 0.6 is 0 Å². The molecular formula is C19H21N5O2. The number of hydrogen-bond donors (Lipinski definition) is 0. The van der Waals surface area contributed by atoms with Gasteiger partial charge in [-0.2, -0.15) is 0 Å². The summed E-state index contributed by atoms with van der Waals surface area (Å²) in [4.78, 5) is 14.4. The zero-order valence-corrected chi connectivity index (χ0v) is 14.9. The molecule has 0 fully saturated rings. The Morgan fingerprint density at radius 1 is 1.27 bits per heavy atom. The van der Waals surface area contributed by atoms with Crippen molar-refractivity contribution < 1.29 is 9.32 Å². The summed E-state index contributed by atoms with van der Waals surface area (Å²) in [6, 6.07) is 12.2. The minimum absolute atomic E-state index is 0.0202. The molecule has 7 heteroatoms. The lowest BCUT2D eigenvalue weighted by Gasteiger charge is -2.32. The highest BCUT2D eigenvalue weighted by atomic mass is 16.5. The number of nitrogens with zero attached hydrogens (tertiary/aromatic N) is 5. The van der Waals surface area contributed by atoms with Gasteiger partial charge in [-0.3, -0.25) is 4.79 Å². The van der Waals surface area contributed by atoms with Crippen LogP contribution in [0.2, 0.25) is 0 Å². The third kappa shape index (κ3) is 3.24. The van der Waals surface area contributed by atoms with Gasteiger partial charge in [0.15, 0.2) is 5.82 Å². The van der Waals surface area contributed by atoms with E-state index in [1.165, 1.54) is 5.56 Å². The van der Waals surface area contributed by atoms with Crippen molar-refractivity contribution in [3.8, 4) is 0 Å². The van der Waals surface area contributed by atoms with Gasteiger partial charge in [-0.05, 0) is 19.4 Å². The lowest BCUT2D eigenvalue weighted by Crippen LogP contribution is -2.41. The number of carbonyl (C=O) groups is 1. The number of aromatic nitrogens is 4. The summed E-state index contributed by atoms with van der Waals surface area (Å²) in [6.07, 6.45) is 0.960. The van der Waals surface area contributed by atoms with Crippen molar-refractivity contribution in [3.63, 3.8) is 0 Å². The van der Waals surface area contributed by atoms with E-state index >= 15 is 0 Å². The lowest BCUT2D eigenvalue weighted by molar-refractivity contribution is -0.132. The average Bonchev–Trinajstić information content (AvgIpc) is 3.22. The van der Waals surface area contributed by atoms with Crippen LogP contribution in [-0.4, -0.2) is 37.3 Å². The number of aryl methyl sites for hydroxylation is 1. The second kappa shape index (κ2) is 6.74. The second-order valence-electron chi connectivity index (χ2n) is 6.80. The van der Waals surface area contributed by atoms with Gasteiger partial charge < -0.3 is 14.0 Å². The van der Waals surface area contributed by atoms with Crippen LogP contribution in [0.15, 0.2) is 40.9 Å². The molecule has 1 aromatic carbocycles. The summed E-state index contributed by atoms with van der Waals surface area (Å²) in [5, 5.41) is 12.5. The zero-order chi connectivity index (χ0) is 18.1. The van der Waals surface area contributed by atoms with E-state index in [0.29, 0.717) is 18.8 Å². The molecular weight excluding hydrogens is 330 g/mol. The smallest absolute Gasteiger partial charge is 0.230 e. The Bertz CT molecular complexity index is 915. The molecule has 0 spiro atoms. The predicted octanol–water partition coefficient (Wildman–Crippen LogP) is 2.31. The maximum atomic E-state index is 12.6. The first kappa shape index (κ1) is 16.5. The third-order valence-corrected chi connectivity index (χ3v) is 4.65. The molecule has 0 N–H and O–H groups in total. The van der Waals surface area contributed by atoms with Crippen LogP contribution in [0.4, 0.5) is 0 Å². The quantitative estimate of drug-likeness (QED) is 0.721. The van der Waals surface area contributed by atoms with E-state index in [1.807, 2.05) is 30.0 Å². The third-order valence-electron chi connectivity index (χ3n) is 4.65. The van der Waals surface area contributed by atoms with Crippen LogP contribution in [0, 0.1) is 6.92 Å². The molecule has 0 saturated heterocycles. The maximum absolute atomic E-state index is 12.6. The van der Waals surface area contributed by atoms with Gasteiger partial charge in [0.05, 0.1) is 24.7 Å². The van der Waals surface area contributed by atoms with Gasteiger partial charge in [-0.1, -0.05) is 35.5 Å². The maximum Gasteiger partial charge on any atom is 0.230 e. The van der Waals surface area contributed by atoms with E-state index in [9.17, 15) is 4.79 Å². The fraction of sp³-hybridized carbons (Fsp3) is 0.368. The molecule has 1 aliphatic rings. The van der Waals surface area contributed by atoms with Crippen LogP contribution in [0.3, 0.4) is 0 Å². The molecule has 0 unspecified atom stereocenters. The lowest BCUT2D eigenvalue weighted by atomic mass is 10.1. The number of benzene rings is 1. The molecule has 2 aromatic heterocycles. The molecule has 1 aliphatic heterocycles. The molecule has 0 aliphatic carbocycles. The van der Waals surface area contributed by atoms with Crippen molar-refractivity contribution in [3.05, 3.63) is 65.1 Å². The Labute approximate surface area is 151 Å². The summed E-state index contributed by atoms with van der Waals surface area (Å²) in [6.45, 7) is 5.05. The van der Waals surface area contributed by atoms with Gasteiger partial charge in [-0.25, -0.2) is 0 Å². The molecule has 4 rings (SSSR count). The Hall–Kier alpha value is -2.96. The molecule has 1 amide bonds. The molecule has 26 heavy (non-hydrogen) atoms. The highest BCUT2D eigenvalue weighted by molar-refractivity contribution is 5.78. The zero-order valence-electron chi connectivity index (χ0n) is 14.9. The van der Waals surface area contributed by atoms with Gasteiger partial charge in [0.2, 0.25) is 5.91 Å². The second-order valence-corrected chi connectivity index (χ2v) is 6.80. The minimum Gasteiger partial charge on any atom is -0.361 e. The molecule has 1 atom stereocenters. The van der Waals surface area contributed by atoms with E-state index in [1.54, 1.807) is 6.07 Å². The van der Waals surface area contributed by atoms with E-state index in [2.05, 4.69) is 39.0 Å². The van der Waals surface area contributed by atoms with Crippen molar-refractivity contribution in [1.29, 1.82) is 0 Å². The molecule has 3 heterocycles. The Balaban J connectivity index is 1.49. The Kier molecular flexibility index (Phi) is 4.28. The number of amides is 1. The van der Waals surface area contributed by atoms with Gasteiger partial charge in [0.25, 0.3) is 0 Å². The van der Waals surface area contributed by atoms with Crippen LogP contribution in [0.25, 0.3) is 0 Å². The predicted molar refractivity (Wildman–Crippen MR) is 94.3 cm³/mol. The molecule has 0 bridgehead atoms. The van der Waals surface area contributed by atoms with Crippen molar-refractivity contribution in [2.24, 2.45) is 0 Å². The van der Waals surface area contributed by atoms with Gasteiger partial charge in [0.1, 0.15) is 11.6 Å². The van der Waals surface area contributed by atoms with E-state index in [0.717, 1.165) is 23.8 Å². The van der Waals surface area contributed by atoms with Crippen LogP contribution in [0.1, 0.15) is 41.6 Å². The monoisotopic (exact) mass is 351 g/mol. The molecule has 7 nitrogen and oxygen atoms in total. The summed E-state index contributed by atoms with van der Waals surface area (Å²) in [7, 11) is 0. The molecule has 0 saturated carbocycles. The van der Waals surface area contributed by atoms with Crippen molar-refractivity contribution in [1.82, 2.24) is 24.8 Å².